The molecular weight excluding hydrogens is 476 g/mol. The van der Waals surface area contributed by atoms with Gasteiger partial charge in [-0.05, 0) is 59.7 Å². The zero-order valence-electron chi connectivity index (χ0n) is 19.9. The van der Waals surface area contributed by atoms with E-state index >= 15 is 0 Å². The summed E-state index contributed by atoms with van der Waals surface area (Å²) in [5.74, 6) is 0.0612. The first-order chi connectivity index (χ1) is 18.1. The van der Waals surface area contributed by atoms with Gasteiger partial charge in [0.1, 0.15) is 10.7 Å². The number of hydrogen-bond acceptors (Lipinski definition) is 4. The van der Waals surface area contributed by atoms with Gasteiger partial charge in [-0.2, -0.15) is 0 Å². The third kappa shape index (κ3) is 3.47. The molecule has 0 amide bonds. The van der Waals surface area contributed by atoms with Crippen LogP contribution >= 0.6 is 11.3 Å². The summed E-state index contributed by atoms with van der Waals surface area (Å²) in [6.45, 7) is 2.08. The van der Waals surface area contributed by atoms with Crippen molar-refractivity contribution in [1.82, 2.24) is 9.55 Å². The molecule has 0 saturated heterocycles. The summed E-state index contributed by atoms with van der Waals surface area (Å²) in [6, 6.07) is 31.9. The van der Waals surface area contributed by atoms with Crippen molar-refractivity contribution in [3.8, 4) is 16.1 Å². The van der Waals surface area contributed by atoms with E-state index in [1.165, 1.54) is 5.56 Å². The number of rotatable bonds is 3. The lowest BCUT2D eigenvalue weighted by Crippen LogP contribution is -2.03. The lowest BCUT2D eigenvalue weighted by molar-refractivity contribution is 0.0990. The van der Waals surface area contributed by atoms with E-state index in [2.05, 4.69) is 37.3 Å². The molecule has 0 aliphatic heterocycles. The maximum Gasteiger partial charge on any atom is 0.197 e. The van der Waals surface area contributed by atoms with Crippen molar-refractivity contribution in [2.45, 2.75) is 6.92 Å². The molecule has 1 aliphatic rings. The van der Waals surface area contributed by atoms with Gasteiger partial charge in [0.2, 0.25) is 0 Å². The molecule has 0 atom stereocenters. The molecule has 0 spiro atoms. The fourth-order valence-electron chi connectivity index (χ4n) is 4.96. The van der Waals surface area contributed by atoms with Crippen LogP contribution < -0.4 is 0 Å². The van der Waals surface area contributed by atoms with Crippen molar-refractivity contribution in [1.29, 1.82) is 0 Å². The van der Waals surface area contributed by atoms with Gasteiger partial charge < -0.3 is 0 Å². The minimum absolute atomic E-state index is 0.152. The van der Waals surface area contributed by atoms with E-state index in [0.717, 1.165) is 37.2 Å². The van der Waals surface area contributed by atoms with Crippen molar-refractivity contribution in [2.24, 2.45) is 0 Å². The molecule has 0 fully saturated rings. The lowest BCUT2D eigenvalue weighted by Gasteiger charge is -2.07. The van der Waals surface area contributed by atoms with Crippen LogP contribution in [0.3, 0.4) is 0 Å². The summed E-state index contributed by atoms with van der Waals surface area (Å²) in [7, 11) is 0. The first-order valence-electron chi connectivity index (χ1n) is 12.1. The Hall–Kier alpha value is -4.61. The molecule has 4 aromatic carbocycles. The molecule has 0 N–H and O–H groups in total. The normalized spacial score (nSPS) is 13.1. The summed E-state index contributed by atoms with van der Waals surface area (Å²) in [5.41, 5.74) is 5.28. The smallest absolute Gasteiger partial charge is 0.197 e. The number of carbonyl (C=O) groups excluding carboxylic acids is 2. The summed E-state index contributed by atoms with van der Waals surface area (Å²) < 4.78 is 2.02. The van der Waals surface area contributed by atoms with Crippen LogP contribution in [-0.2, 0) is 0 Å². The number of Topliss-reactive ketones (excluding diaryl/α,β-unsaturated/α-hetero) is 2. The topological polar surface area (TPSA) is 52.0 Å². The lowest BCUT2D eigenvalue weighted by atomic mass is 10.0. The van der Waals surface area contributed by atoms with Crippen LogP contribution in [0.5, 0.6) is 0 Å². The number of aryl methyl sites for hydroxylation is 1. The highest BCUT2D eigenvalue weighted by Gasteiger charge is 2.34. The third-order valence-corrected chi connectivity index (χ3v) is 7.94. The second kappa shape index (κ2) is 8.22. The fourth-order valence-corrected chi connectivity index (χ4v) is 5.99. The number of fused-ring (bicyclic) bond motifs is 3. The summed E-state index contributed by atoms with van der Waals surface area (Å²) in [4.78, 5) is 33.7. The molecule has 4 nitrogen and oxygen atoms in total. The molecule has 5 heteroatoms. The second-order valence-electron chi connectivity index (χ2n) is 9.27. The number of nitrogens with zero attached hydrogens (tertiary/aromatic N) is 2. The molecule has 6 aromatic rings. The van der Waals surface area contributed by atoms with E-state index in [1.807, 2.05) is 71.3 Å². The molecule has 1 aliphatic carbocycles. The number of benzene rings is 4. The Balaban J connectivity index is 1.39. The molecule has 0 bridgehead atoms. The average Bonchev–Trinajstić information content (AvgIpc) is 3.55. The van der Waals surface area contributed by atoms with Gasteiger partial charge in [-0.25, -0.2) is 4.98 Å². The highest BCUT2D eigenvalue weighted by atomic mass is 32.1. The number of aromatic nitrogens is 2. The van der Waals surface area contributed by atoms with E-state index in [9.17, 15) is 9.59 Å². The molecule has 2 aromatic heterocycles. The van der Waals surface area contributed by atoms with E-state index in [0.29, 0.717) is 17.0 Å². The first-order valence-corrected chi connectivity index (χ1v) is 12.9. The monoisotopic (exact) mass is 496 g/mol. The number of carbonyl (C=O) groups is 2. The maximum atomic E-state index is 13.4. The summed E-state index contributed by atoms with van der Waals surface area (Å²) in [5, 5.41) is 1.89. The molecule has 0 radical (unpaired) electrons. The van der Waals surface area contributed by atoms with Crippen LogP contribution in [0.25, 0.3) is 43.3 Å². The molecule has 37 heavy (non-hydrogen) atoms. The minimum Gasteiger partial charge on any atom is -0.292 e. The molecule has 0 unspecified atom stereocenters. The molecule has 2 heterocycles. The van der Waals surface area contributed by atoms with Gasteiger partial charge in [-0.3, -0.25) is 14.2 Å². The number of imidazole rings is 1. The van der Waals surface area contributed by atoms with Crippen LogP contribution in [0.4, 0.5) is 0 Å². The number of hydrogen-bond donors (Lipinski definition) is 0. The van der Waals surface area contributed by atoms with Crippen molar-refractivity contribution in [2.75, 3.05) is 0 Å². The average molecular weight is 497 g/mol. The predicted molar refractivity (Wildman–Crippen MR) is 150 cm³/mol. The first kappa shape index (κ1) is 21.7. The van der Waals surface area contributed by atoms with Crippen LogP contribution in [-0.4, -0.2) is 21.1 Å². The Morgan fingerprint density at radius 2 is 1.38 bits per heavy atom. The largest absolute Gasteiger partial charge is 0.292 e. The number of ketones is 2. The van der Waals surface area contributed by atoms with Crippen LogP contribution in [0.1, 0.15) is 32.1 Å². The van der Waals surface area contributed by atoms with Crippen LogP contribution in [0.15, 0.2) is 103 Å². The van der Waals surface area contributed by atoms with Gasteiger partial charge in [0.05, 0.1) is 11.1 Å². The summed E-state index contributed by atoms with van der Waals surface area (Å²) >= 11 is 1.60. The van der Waals surface area contributed by atoms with Crippen LogP contribution in [0, 0.1) is 6.92 Å². The fraction of sp³-hybridized carbons (Fsp3) is 0.0312. The Labute approximate surface area is 217 Å². The van der Waals surface area contributed by atoms with Gasteiger partial charge in [0, 0.05) is 21.7 Å². The molecular formula is C32H20N2O2S. The number of para-hydroxylation sites is 1. The zero-order chi connectivity index (χ0) is 25.1. The summed E-state index contributed by atoms with van der Waals surface area (Å²) in [6.07, 6.45) is 1.65. The minimum atomic E-state index is -0.253. The molecule has 0 saturated carbocycles. The molecule has 7 rings (SSSR count). The maximum absolute atomic E-state index is 13.4. The van der Waals surface area contributed by atoms with Gasteiger partial charge in [0.25, 0.3) is 0 Å². The van der Waals surface area contributed by atoms with E-state index < -0.39 is 0 Å². The third-order valence-electron chi connectivity index (χ3n) is 6.87. The Bertz CT molecular complexity index is 1850. The van der Waals surface area contributed by atoms with Crippen molar-refractivity contribution in [3.05, 3.63) is 125 Å². The SMILES string of the molecule is Cc1ccc(-c2cc3c(nc(C=C4C(=O)c5cc6ccccc6cc5C4=O)n3-c3ccccc3)s2)cc1. The Kier molecular flexibility index (Phi) is 4.81. The van der Waals surface area contributed by atoms with Gasteiger partial charge in [-0.15, -0.1) is 11.3 Å². The van der Waals surface area contributed by atoms with Crippen LogP contribution in [0.2, 0.25) is 0 Å². The van der Waals surface area contributed by atoms with Crippen molar-refractivity contribution >= 4 is 50.1 Å². The van der Waals surface area contributed by atoms with E-state index in [-0.39, 0.29) is 17.1 Å². The quantitative estimate of drug-likeness (QED) is 0.186. The predicted octanol–water partition coefficient (Wildman–Crippen LogP) is 7.68. The Morgan fingerprint density at radius 3 is 2.03 bits per heavy atom. The van der Waals surface area contributed by atoms with Crippen molar-refractivity contribution < 1.29 is 9.59 Å². The van der Waals surface area contributed by atoms with Gasteiger partial charge in [0.15, 0.2) is 11.6 Å². The van der Waals surface area contributed by atoms with Gasteiger partial charge >= 0.3 is 0 Å². The highest BCUT2D eigenvalue weighted by Crippen LogP contribution is 2.37. The second-order valence-corrected chi connectivity index (χ2v) is 10.3. The van der Waals surface area contributed by atoms with E-state index in [4.69, 9.17) is 4.98 Å². The van der Waals surface area contributed by atoms with Crippen molar-refractivity contribution in [3.63, 3.8) is 0 Å². The van der Waals surface area contributed by atoms with E-state index in [1.54, 1.807) is 17.4 Å². The number of allylic oxidation sites excluding steroid dienone is 1. The Morgan fingerprint density at radius 1 is 0.757 bits per heavy atom. The number of thiophene rings is 1. The zero-order valence-corrected chi connectivity index (χ0v) is 20.8. The molecule has 176 valence electrons. The highest BCUT2D eigenvalue weighted by molar-refractivity contribution is 7.21. The van der Waals surface area contributed by atoms with Gasteiger partial charge in [-0.1, -0.05) is 72.3 Å². The standard InChI is InChI=1S/C32H20N2O2S/c1-19-11-13-20(14-12-19)28-18-27-32(37-28)33-29(34(27)23-9-3-2-4-10-23)17-26-30(35)24-15-21-7-5-6-8-22(21)16-25(24)31(26)36/h2-18H,1H3.